The molecule has 0 spiro atoms. The van der Waals surface area contributed by atoms with Crippen molar-refractivity contribution in [3.63, 3.8) is 0 Å². The lowest BCUT2D eigenvalue weighted by atomic mass is 9.95. The molecule has 1 aromatic carbocycles. The first-order chi connectivity index (χ1) is 7.61. The van der Waals surface area contributed by atoms with E-state index < -0.39 is 6.10 Å². The molecule has 2 heteroatoms. The van der Waals surface area contributed by atoms with Gasteiger partial charge >= 0.3 is 0 Å². The number of hydrogen-bond acceptors (Lipinski definition) is 2. The fourth-order valence-corrected chi connectivity index (χ4v) is 1.94. The van der Waals surface area contributed by atoms with Crippen LogP contribution < -0.4 is 0 Å². The van der Waals surface area contributed by atoms with E-state index in [9.17, 15) is 5.11 Å². The van der Waals surface area contributed by atoms with Gasteiger partial charge in [-0.25, -0.2) is 0 Å². The van der Waals surface area contributed by atoms with Crippen molar-refractivity contribution in [1.29, 1.82) is 0 Å². The highest BCUT2D eigenvalue weighted by Gasteiger charge is 2.21. The van der Waals surface area contributed by atoms with Gasteiger partial charge in [-0.05, 0) is 43.9 Å². The maximum atomic E-state index is 10.3. The Morgan fingerprint density at radius 3 is 2.50 bits per heavy atom. The third kappa shape index (κ3) is 2.83. The minimum absolute atomic E-state index is 0.106. The highest BCUT2D eigenvalue weighted by atomic mass is 16.5. The molecule has 1 N–H and O–H groups in total. The highest BCUT2D eigenvalue weighted by molar-refractivity contribution is 5.35. The van der Waals surface area contributed by atoms with E-state index >= 15 is 0 Å². The van der Waals surface area contributed by atoms with E-state index in [-0.39, 0.29) is 6.10 Å². The summed E-state index contributed by atoms with van der Waals surface area (Å²) < 4.78 is 5.55. The van der Waals surface area contributed by atoms with Gasteiger partial charge in [-0.2, -0.15) is 0 Å². The summed E-state index contributed by atoms with van der Waals surface area (Å²) in [5.74, 6) is 0. The monoisotopic (exact) mass is 222 g/mol. The van der Waals surface area contributed by atoms with Gasteiger partial charge < -0.3 is 9.84 Å². The summed E-state index contributed by atoms with van der Waals surface area (Å²) in [7, 11) is 0. The molecule has 0 aliphatic carbocycles. The number of aliphatic hydroxyl groups excluding tert-OH is 1. The molecular formula is C14H22O2. The highest BCUT2D eigenvalue weighted by Crippen LogP contribution is 2.25. The van der Waals surface area contributed by atoms with E-state index in [1.54, 1.807) is 0 Å². The van der Waals surface area contributed by atoms with Crippen LogP contribution in [0.25, 0.3) is 0 Å². The van der Waals surface area contributed by atoms with E-state index in [0.717, 1.165) is 17.5 Å². The Kier molecular flexibility index (Phi) is 4.97. The SMILES string of the molecule is CCOC(CC)C(O)c1cccc(C)c1C. The van der Waals surface area contributed by atoms with Gasteiger partial charge in [-0.15, -0.1) is 0 Å². The van der Waals surface area contributed by atoms with E-state index in [4.69, 9.17) is 4.74 Å². The maximum absolute atomic E-state index is 10.3. The lowest BCUT2D eigenvalue weighted by molar-refractivity contribution is -0.0358. The molecule has 16 heavy (non-hydrogen) atoms. The fourth-order valence-electron chi connectivity index (χ4n) is 1.94. The third-order valence-electron chi connectivity index (χ3n) is 3.10. The first-order valence-electron chi connectivity index (χ1n) is 5.97. The van der Waals surface area contributed by atoms with Crippen LogP contribution in [0.4, 0.5) is 0 Å². The second kappa shape index (κ2) is 6.02. The zero-order valence-electron chi connectivity index (χ0n) is 10.7. The summed E-state index contributed by atoms with van der Waals surface area (Å²) in [6.07, 6.45) is 0.193. The molecule has 0 amide bonds. The van der Waals surface area contributed by atoms with Crippen molar-refractivity contribution < 1.29 is 9.84 Å². The van der Waals surface area contributed by atoms with Crippen LogP contribution in [0.15, 0.2) is 18.2 Å². The topological polar surface area (TPSA) is 29.5 Å². The van der Waals surface area contributed by atoms with Gasteiger partial charge in [-0.3, -0.25) is 0 Å². The summed E-state index contributed by atoms with van der Waals surface area (Å²) in [6, 6.07) is 6.03. The van der Waals surface area contributed by atoms with Gasteiger partial charge in [0.2, 0.25) is 0 Å². The van der Waals surface area contributed by atoms with E-state index in [0.29, 0.717) is 6.61 Å². The second-order valence-electron chi connectivity index (χ2n) is 4.14. The van der Waals surface area contributed by atoms with Crippen molar-refractivity contribution in [3.05, 3.63) is 34.9 Å². The van der Waals surface area contributed by atoms with Crippen LogP contribution in [0.5, 0.6) is 0 Å². The predicted octanol–water partition coefficient (Wildman–Crippen LogP) is 3.15. The van der Waals surface area contributed by atoms with Crippen molar-refractivity contribution in [2.45, 2.75) is 46.3 Å². The molecule has 2 atom stereocenters. The smallest absolute Gasteiger partial charge is 0.105 e. The number of aryl methyl sites for hydroxylation is 1. The Balaban J connectivity index is 2.94. The van der Waals surface area contributed by atoms with Crippen LogP contribution in [-0.2, 0) is 4.74 Å². The van der Waals surface area contributed by atoms with Gasteiger partial charge in [0, 0.05) is 6.61 Å². The Labute approximate surface area is 98.3 Å². The number of hydrogen-bond donors (Lipinski definition) is 1. The second-order valence-corrected chi connectivity index (χ2v) is 4.14. The number of ether oxygens (including phenoxy) is 1. The first-order valence-corrected chi connectivity index (χ1v) is 5.97. The summed E-state index contributed by atoms with van der Waals surface area (Å²) in [5.41, 5.74) is 3.36. The molecule has 0 radical (unpaired) electrons. The van der Waals surface area contributed by atoms with E-state index in [1.807, 2.05) is 32.9 Å². The molecule has 0 aromatic heterocycles. The molecular weight excluding hydrogens is 200 g/mol. The molecule has 1 rings (SSSR count). The Bertz CT molecular complexity index is 334. The molecule has 0 heterocycles. The third-order valence-corrected chi connectivity index (χ3v) is 3.10. The zero-order valence-corrected chi connectivity index (χ0v) is 10.7. The van der Waals surface area contributed by atoms with Crippen molar-refractivity contribution in [1.82, 2.24) is 0 Å². The van der Waals surface area contributed by atoms with E-state index in [1.165, 1.54) is 5.56 Å². The molecule has 0 saturated carbocycles. The summed E-state index contributed by atoms with van der Waals surface area (Å²) >= 11 is 0. The molecule has 0 saturated heterocycles. The lowest BCUT2D eigenvalue weighted by Crippen LogP contribution is -2.22. The van der Waals surface area contributed by atoms with Crippen molar-refractivity contribution in [3.8, 4) is 0 Å². The first kappa shape index (κ1) is 13.2. The maximum Gasteiger partial charge on any atom is 0.105 e. The van der Waals surface area contributed by atoms with Gasteiger partial charge in [-0.1, -0.05) is 25.1 Å². The van der Waals surface area contributed by atoms with Crippen LogP contribution in [0.1, 0.15) is 43.1 Å². The van der Waals surface area contributed by atoms with Crippen LogP contribution >= 0.6 is 0 Å². The van der Waals surface area contributed by atoms with Crippen LogP contribution in [-0.4, -0.2) is 17.8 Å². The fraction of sp³-hybridized carbons (Fsp3) is 0.571. The van der Waals surface area contributed by atoms with Gasteiger partial charge in [0.05, 0.1) is 6.10 Å². The molecule has 0 aliphatic rings. The molecule has 1 aromatic rings. The lowest BCUT2D eigenvalue weighted by Gasteiger charge is -2.23. The summed E-state index contributed by atoms with van der Waals surface area (Å²) in [4.78, 5) is 0. The van der Waals surface area contributed by atoms with Gasteiger partial charge in [0.15, 0.2) is 0 Å². The number of aliphatic hydroxyl groups is 1. The normalized spacial score (nSPS) is 14.8. The van der Waals surface area contributed by atoms with Crippen molar-refractivity contribution >= 4 is 0 Å². The largest absolute Gasteiger partial charge is 0.386 e. The van der Waals surface area contributed by atoms with Crippen molar-refractivity contribution in [2.24, 2.45) is 0 Å². The Hall–Kier alpha value is -0.860. The summed E-state index contributed by atoms with van der Waals surface area (Å²) in [5, 5.41) is 10.3. The molecule has 2 unspecified atom stereocenters. The quantitative estimate of drug-likeness (QED) is 0.829. The average molecular weight is 222 g/mol. The number of benzene rings is 1. The zero-order chi connectivity index (χ0) is 12.1. The predicted molar refractivity (Wildman–Crippen MR) is 66.6 cm³/mol. The minimum Gasteiger partial charge on any atom is -0.386 e. The van der Waals surface area contributed by atoms with Gasteiger partial charge in [0.1, 0.15) is 6.10 Å². The summed E-state index contributed by atoms with van der Waals surface area (Å²) in [6.45, 7) is 8.74. The standard InChI is InChI=1S/C14H22O2/c1-5-13(16-6-2)14(15)12-9-7-8-10(3)11(12)4/h7-9,13-15H,5-6H2,1-4H3. The minimum atomic E-state index is -0.523. The van der Waals surface area contributed by atoms with E-state index in [2.05, 4.69) is 13.0 Å². The van der Waals surface area contributed by atoms with Crippen LogP contribution in [0.2, 0.25) is 0 Å². The Morgan fingerprint density at radius 2 is 1.94 bits per heavy atom. The molecule has 0 aliphatic heterocycles. The number of rotatable bonds is 5. The molecule has 0 bridgehead atoms. The van der Waals surface area contributed by atoms with Gasteiger partial charge in [0.25, 0.3) is 0 Å². The molecule has 0 fully saturated rings. The molecule has 90 valence electrons. The van der Waals surface area contributed by atoms with Crippen molar-refractivity contribution in [2.75, 3.05) is 6.61 Å². The average Bonchev–Trinajstić information content (AvgIpc) is 2.29. The van der Waals surface area contributed by atoms with Crippen LogP contribution in [0.3, 0.4) is 0 Å². The Morgan fingerprint density at radius 1 is 1.25 bits per heavy atom. The molecule has 2 nitrogen and oxygen atoms in total. The van der Waals surface area contributed by atoms with Crippen LogP contribution in [0, 0.1) is 13.8 Å².